The van der Waals surface area contributed by atoms with E-state index < -0.39 is 40.1 Å². The van der Waals surface area contributed by atoms with E-state index >= 15 is 0 Å². The molecular formula is C43H59N7O12S. The van der Waals surface area contributed by atoms with E-state index in [9.17, 15) is 32.4 Å². The highest BCUT2D eigenvalue weighted by Gasteiger charge is 2.28. The fraction of sp³-hybridized carbons (Fsp3) is 0.512. The molecule has 0 radical (unpaired) electrons. The van der Waals surface area contributed by atoms with Gasteiger partial charge < -0.3 is 45.0 Å². The molecule has 63 heavy (non-hydrogen) atoms. The average molecular weight is 898 g/mol. The Labute approximate surface area is 368 Å². The van der Waals surface area contributed by atoms with Crippen LogP contribution in [0.15, 0.2) is 53.6 Å². The number of hydrogen-bond acceptors (Lipinski definition) is 15. The van der Waals surface area contributed by atoms with E-state index in [1.54, 1.807) is 52.9 Å². The van der Waals surface area contributed by atoms with Crippen molar-refractivity contribution in [1.29, 1.82) is 0 Å². The minimum atomic E-state index is -4.27. The number of nitrogen functional groups attached to an aromatic ring is 1. The Bertz CT molecular complexity index is 2160. The fourth-order valence-corrected chi connectivity index (χ4v) is 7.60. The van der Waals surface area contributed by atoms with Crippen LogP contribution in [0.25, 0.3) is 11.3 Å². The number of fused-ring (bicyclic) bond motifs is 13. The van der Waals surface area contributed by atoms with Crippen LogP contribution in [-0.2, 0) is 49.9 Å². The number of carbonyl (C=O) groups is 5. The molecule has 0 aliphatic carbocycles. The van der Waals surface area contributed by atoms with E-state index in [0.29, 0.717) is 24.0 Å². The number of Topliss-reactive ketones (excluding diaryl/α,β-unsaturated/α-hetero) is 1. The summed E-state index contributed by atoms with van der Waals surface area (Å²) in [6.07, 6.45) is 3.68. The van der Waals surface area contributed by atoms with E-state index in [-0.39, 0.29) is 110 Å². The number of ketones is 1. The first-order valence-corrected chi connectivity index (χ1v) is 22.1. The second kappa shape index (κ2) is 23.7. The maximum Gasteiger partial charge on any atom is 0.410 e. The zero-order chi connectivity index (χ0) is 46.2. The van der Waals surface area contributed by atoms with Crippen molar-refractivity contribution in [3.8, 4) is 17.0 Å². The number of para-hydroxylation sites is 1. The number of hydrogen-bond donors (Lipinski definition) is 3. The van der Waals surface area contributed by atoms with Gasteiger partial charge in [-0.3, -0.25) is 19.2 Å². The topological polar surface area (TPSA) is 248 Å². The lowest BCUT2D eigenvalue weighted by Gasteiger charge is -2.25. The number of benzene rings is 2. The van der Waals surface area contributed by atoms with Gasteiger partial charge in [0.05, 0.1) is 81.6 Å². The van der Waals surface area contributed by atoms with Crippen molar-refractivity contribution < 1.29 is 56.1 Å². The Kier molecular flexibility index (Phi) is 18.8. The third-order valence-corrected chi connectivity index (χ3v) is 11.5. The average Bonchev–Trinajstić information content (AvgIpc) is 3.24. The molecule has 0 saturated heterocycles. The molecule has 2 aliphatic rings. The minimum Gasteiger partial charge on any atom is -0.489 e. The molecule has 2 aromatic carbocycles. The predicted octanol–water partition coefficient (Wildman–Crippen LogP) is 4.21. The Morgan fingerprint density at radius 3 is 2.40 bits per heavy atom. The number of rotatable bonds is 13. The maximum absolute atomic E-state index is 13.9. The number of methoxy groups -OCH3 is 1. The van der Waals surface area contributed by atoms with E-state index in [0.717, 1.165) is 17.1 Å². The number of esters is 1. The van der Waals surface area contributed by atoms with Gasteiger partial charge in [-0.2, -0.15) is 4.31 Å². The number of nitrogens with two attached hydrogens (primary N) is 1. The molecule has 0 spiro atoms. The first-order chi connectivity index (χ1) is 29.9. The van der Waals surface area contributed by atoms with Gasteiger partial charge >= 0.3 is 12.1 Å². The van der Waals surface area contributed by atoms with Crippen LogP contribution in [0.3, 0.4) is 0 Å². The standard InChI is InChI=1S/C43H59N7O12S/c1-29(41(54)58-6)11-8-7-9-13-32(51)25-45-36(52)28-50-19-20-59-21-22-60-23-24-61-38-31(27-49(5)42(55)62-43(2,3)4)12-10-14-34(38)48-40(53)37-39(44)46-26-35(47-37)30-15-17-33(18-16-30)63(50,56)57/h10,12,14-18,26,29H,7-9,11,13,19-25,27-28H2,1-6H3,(H2,44,46)(H,45,52)(H,48,53)/t29-/m1/s1. The van der Waals surface area contributed by atoms with Crippen molar-refractivity contribution in [3.63, 3.8) is 0 Å². The fourth-order valence-electron chi connectivity index (χ4n) is 6.22. The summed E-state index contributed by atoms with van der Waals surface area (Å²) in [5.74, 6) is -2.00. The van der Waals surface area contributed by atoms with Crippen LogP contribution in [0, 0.1) is 5.92 Å². The van der Waals surface area contributed by atoms with Crippen molar-refractivity contribution >= 4 is 51.2 Å². The molecule has 1 aromatic heterocycles. The molecule has 0 fully saturated rings. The van der Waals surface area contributed by atoms with Gasteiger partial charge in [0.25, 0.3) is 5.91 Å². The molecule has 4 N–H and O–H groups in total. The number of sulfonamides is 1. The summed E-state index contributed by atoms with van der Waals surface area (Å²) in [5, 5.41) is 5.33. The zero-order valence-electron chi connectivity index (χ0n) is 36.8. The molecule has 19 nitrogen and oxygen atoms in total. The van der Waals surface area contributed by atoms with Gasteiger partial charge in [0.2, 0.25) is 15.9 Å². The number of nitrogens with zero attached hydrogens (tertiary/aromatic N) is 4. The first kappa shape index (κ1) is 50.0. The number of unbranched alkanes of at least 4 members (excludes halogenated alkanes) is 2. The second-order valence-corrected chi connectivity index (χ2v) is 17.8. The smallest absolute Gasteiger partial charge is 0.410 e. The third-order valence-electron chi connectivity index (χ3n) is 9.59. The molecule has 2 aliphatic heterocycles. The van der Waals surface area contributed by atoms with Crippen LogP contribution in [0.2, 0.25) is 0 Å². The molecule has 344 valence electrons. The van der Waals surface area contributed by atoms with Crippen LogP contribution >= 0.6 is 0 Å². The van der Waals surface area contributed by atoms with Crippen molar-refractivity contribution in [3.05, 3.63) is 59.9 Å². The van der Waals surface area contributed by atoms with E-state index in [1.807, 2.05) is 0 Å². The molecule has 20 heteroatoms. The van der Waals surface area contributed by atoms with E-state index in [1.165, 1.54) is 42.5 Å². The molecule has 0 unspecified atom stereocenters. The monoisotopic (exact) mass is 897 g/mol. The van der Waals surface area contributed by atoms with Crippen molar-refractivity contribution in [2.45, 2.75) is 76.8 Å². The molecule has 3 heterocycles. The first-order valence-electron chi connectivity index (χ1n) is 20.6. The van der Waals surface area contributed by atoms with Gasteiger partial charge in [0.1, 0.15) is 18.0 Å². The highest BCUT2D eigenvalue weighted by molar-refractivity contribution is 7.89. The summed E-state index contributed by atoms with van der Waals surface area (Å²) >= 11 is 0. The largest absolute Gasteiger partial charge is 0.489 e. The highest BCUT2D eigenvalue weighted by atomic mass is 32.2. The van der Waals surface area contributed by atoms with Gasteiger partial charge in [0, 0.05) is 31.1 Å². The number of aromatic nitrogens is 2. The minimum absolute atomic E-state index is 0.0308. The molecule has 1 atom stereocenters. The molecule has 5 rings (SSSR count). The lowest BCUT2D eigenvalue weighted by molar-refractivity contribution is -0.145. The summed E-state index contributed by atoms with van der Waals surface area (Å²) in [4.78, 5) is 73.6. The van der Waals surface area contributed by atoms with Gasteiger partial charge in [-0.1, -0.05) is 44.0 Å². The molecular weight excluding hydrogens is 839 g/mol. The van der Waals surface area contributed by atoms with Crippen LogP contribution in [0.5, 0.6) is 5.75 Å². The Balaban J connectivity index is 1.50. The summed E-state index contributed by atoms with van der Waals surface area (Å²) in [7, 11) is -1.35. The second-order valence-electron chi connectivity index (χ2n) is 15.8. The normalized spacial score (nSPS) is 15.6. The number of nitrogens with one attached hydrogen (secondary N) is 2. The lowest BCUT2D eigenvalue weighted by atomic mass is 10.0. The number of carbonyl (C=O) groups excluding carboxylic acids is 5. The summed E-state index contributed by atoms with van der Waals surface area (Å²) in [6, 6.07) is 10.7. The molecule has 3 amide bonds. The predicted molar refractivity (Wildman–Crippen MR) is 232 cm³/mol. The van der Waals surface area contributed by atoms with Crippen molar-refractivity contribution in [2.24, 2.45) is 5.92 Å². The van der Waals surface area contributed by atoms with Gasteiger partial charge in [0.15, 0.2) is 17.3 Å². The number of anilines is 2. The molecule has 3 aromatic rings. The lowest BCUT2D eigenvalue weighted by Crippen LogP contribution is -2.43. The maximum atomic E-state index is 13.9. The number of ether oxygens (including phenoxy) is 5. The summed E-state index contributed by atoms with van der Waals surface area (Å²) in [5.41, 5.74) is 6.66. The number of amides is 3. The SMILES string of the molecule is COC(=O)[C@H](C)CCCCCC(=O)CNC(=O)CN1CCOCCOCCOc2c(CN(C)C(=O)OC(C)(C)C)cccc2NC(=O)c2nc(cnc2N)-c2ccc(cc2)S1(=O)=O. The van der Waals surface area contributed by atoms with Gasteiger partial charge in [-0.25, -0.2) is 23.2 Å². The van der Waals surface area contributed by atoms with Crippen molar-refractivity contribution in [1.82, 2.24) is 24.5 Å². The summed E-state index contributed by atoms with van der Waals surface area (Å²) < 4.78 is 56.6. The summed E-state index contributed by atoms with van der Waals surface area (Å²) in [6.45, 7) is 6.35. The van der Waals surface area contributed by atoms with Gasteiger partial charge in [-0.05, 0) is 51.8 Å². The van der Waals surface area contributed by atoms with Crippen LogP contribution in [0.1, 0.15) is 75.9 Å². The Morgan fingerprint density at radius 2 is 1.70 bits per heavy atom. The van der Waals surface area contributed by atoms with Crippen molar-refractivity contribution in [2.75, 3.05) is 77.9 Å². The van der Waals surface area contributed by atoms with Gasteiger partial charge in [-0.15, -0.1) is 0 Å². The Morgan fingerprint density at radius 1 is 1.00 bits per heavy atom. The van der Waals surface area contributed by atoms with E-state index in [4.69, 9.17) is 29.4 Å². The molecule has 0 saturated carbocycles. The quantitative estimate of drug-likeness (QED) is 0.124. The van der Waals surface area contributed by atoms with E-state index in [2.05, 4.69) is 20.6 Å². The zero-order valence-corrected chi connectivity index (χ0v) is 37.6. The highest BCUT2D eigenvalue weighted by Crippen LogP contribution is 2.32. The van der Waals surface area contributed by atoms with Crippen LogP contribution in [0.4, 0.5) is 16.3 Å². The third kappa shape index (κ3) is 15.6. The van der Waals surface area contributed by atoms with Crippen LogP contribution in [-0.4, -0.2) is 130 Å². The Hall–Kier alpha value is -5.70. The van der Waals surface area contributed by atoms with Crippen LogP contribution < -0.4 is 21.1 Å². The molecule has 4 bridgehead atoms.